The Kier molecular flexibility index (Phi) is 5.15. The highest BCUT2D eigenvalue weighted by atomic mass is 35.5. The van der Waals surface area contributed by atoms with Gasteiger partial charge < -0.3 is 14.6 Å². The monoisotopic (exact) mass is 405 g/mol. The van der Waals surface area contributed by atoms with Crippen LogP contribution in [0.5, 0.6) is 5.88 Å². The van der Waals surface area contributed by atoms with Gasteiger partial charge in [-0.15, -0.1) is 0 Å². The van der Waals surface area contributed by atoms with Gasteiger partial charge in [0.05, 0.1) is 11.9 Å². The molecule has 11 heteroatoms. The molecule has 1 aliphatic rings. The second-order valence-corrected chi connectivity index (χ2v) is 6.74. The number of carbonyl (C=O) groups excluding carboxylic acids is 1. The number of alkyl halides is 4. The maximum absolute atomic E-state index is 12.4. The third kappa shape index (κ3) is 3.57. The number of allylic oxidation sites excluding steroid dienone is 3. The average Bonchev–Trinajstić information content (AvgIpc) is 2.65. The minimum absolute atomic E-state index is 0.0453. The van der Waals surface area contributed by atoms with E-state index >= 15 is 0 Å². The number of carboxylic acids is 1. The van der Waals surface area contributed by atoms with E-state index in [4.69, 9.17) is 46.4 Å². The Morgan fingerprint density at radius 3 is 2.61 bits per heavy atom. The van der Waals surface area contributed by atoms with Crippen LogP contribution in [0.3, 0.4) is 0 Å². The van der Waals surface area contributed by atoms with E-state index in [1.807, 2.05) is 0 Å². The molecule has 5 nitrogen and oxygen atoms in total. The van der Waals surface area contributed by atoms with Gasteiger partial charge in [-0.25, -0.2) is 4.68 Å². The summed E-state index contributed by atoms with van der Waals surface area (Å²) in [4.78, 5) is 11.2. The molecular formula is C12H7Cl4F2N2O3-. The van der Waals surface area contributed by atoms with Gasteiger partial charge in [0.2, 0.25) is 5.88 Å². The van der Waals surface area contributed by atoms with E-state index in [9.17, 15) is 18.7 Å². The van der Waals surface area contributed by atoms with Gasteiger partial charge in [-0.1, -0.05) is 52.5 Å². The summed E-state index contributed by atoms with van der Waals surface area (Å²) >= 11 is 23.8. The van der Waals surface area contributed by atoms with E-state index in [2.05, 4.69) is 9.84 Å². The van der Waals surface area contributed by atoms with Gasteiger partial charge in [-0.05, 0) is 6.08 Å². The highest BCUT2D eigenvalue weighted by Crippen LogP contribution is 2.45. The molecule has 0 aliphatic heterocycles. The quantitative estimate of drug-likeness (QED) is 0.721. The van der Waals surface area contributed by atoms with Crippen molar-refractivity contribution < 1.29 is 23.4 Å². The van der Waals surface area contributed by atoms with E-state index in [0.717, 1.165) is 16.8 Å². The molecular weight excluding hydrogens is 400 g/mol. The Balaban J connectivity index is 2.54. The number of aromatic nitrogens is 2. The molecule has 0 N–H and O–H groups in total. The first kappa shape index (κ1) is 18.3. The Labute approximate surface area is 149 Å². The number of rotatable bonds is 4. The number of hydrogen-bond donors (Lipinski definition) is 0. The fourth-order valence-electron chi connectivity index (χ4n) is 1.98. The van der Waals surface area contributed by atoms with Crippen LogP contribution in [-0.2, 0) is 11.8 Å². The first-order valence-corrected chi connectivity index (χ1v) is 7.42. The minimum Gasteiger partial charge on any atom is -0.549 e. The lowest BCUT2D eigenvalue weighted by atomic mass is 9.93. The lowest BCUT2D eigenvalue weighted by Gasteiger charge is -2.30. The molecule has 0 saturated heterocycles. The maximum Gasteiger partial charge on any atom is 0.388 e. The Hall–Kier alpha value is -1.02. The maximum atomic E-state index is 12.4. The molecule has 0 spiro atoms. The first-order valence-electron chi connectivity index (χ1n) is 5.91. The number of aliphatic carboxylic acids is 1. The normalized spacial score (nSPS) is 20.3. The number of ether oxygens (including phenoxy) is 1. The van der Waals surface area contributed by atoms with Crippen molar-refractivity contribution in [2.24, 2.45) is 13.0 Å². The Morgan fingerprint density at radius 1 is 1.48 bits per heavy atom. The second-order valence-electron chi connectivity index (χ2n) is 4.51. The van der Waals surface area contributed by atoms with Crippen LogP contribution in [0.4, 0.5) is 8.78 Å². The summed E-state index contributed by atoms with van der Waals surface area (Å²) < 4.78 is 28.2. The summed E-state index contributed by atoms with van der Waals surface area (Å²) in [6.07, 6.45) is 2.17. The van der Waals surface area contributed by atoms with Crippen molar-refractivity contribution in [3.8, 4) is 5.88 Å². The van der Waals surface area contributed by atoms with Crippen molar-refractivity contribution in [1.29, 1.82) is 0 Å². The molecule has 2 rings (SSSR count). The zero-order chi connectivity index (χ0) is 17.5. The van der Waals surface area contributed by atoms with Crippen LogP contribution in [0.1, 0.15) is 5.69 Å². The molecule has 1 atom stereocenters. The van der Waals surface area contributed by atoms with Crippen LogP contribution in [-0.4, -0.2) is 26.7 Å². The number of carbonyl (C=O) groups is 1. The number of nitrogens with zero attached hydrogens (tertiary/aromatic N) is 2. The Morgan fingerprint density at radius 2 is 2.09 bits per heavy atom. The van der Waals surface area contributed by atoms with E-state index in [0.29, 0.717) is 0 Å². The first-order chi connectivity index (χ1) is 10.5. The van der Waals surface area contributed by atoms with Crippen LogP contribution in [0.15, 0.2) is 17.2 Å². The molecule has 0 bridgehead atoms. The summed E-state index contributed by atoms with van der Waals surface area (Å²) in [5.41, 5.74) is 0.00339. The largest absolute Gasteiger partial charge is 0.549 e. The van der Waals surface area contributed by atoms with Gasteiger partial charge in [-0.3, -0.25) is 0 Å². The van der Waals surface area contributed by atoms with Crippen molar-refractivity contribution in [2.75, 3.05) is 0 Å². The molecule has 1 unspecified atom stereocenters. The Bertz CT molecular complexity index is 715. The van der Waals surface area contributed by atoms with Crippen LogP contribution in [0.2, 0.25) is 5.02 Å². The van der Waals surface area contributed by atoms with Crippen LogP contribution < -0.4 is 9.84 Å². The fraction of sp³-hybridized carbons (Fsp3) is 0.333. The highest BCUT2D eigenvalue weighted by molar-refractivity contribution is 6.52. The molecule has 1 aliphatic carbocycles. The summed E-state index contributed by atoms with van der Waals surface area (Å²) in [6, 6.07) is 0. The molecule has 0 radical (unpaired) electrons. The molecule has 0 fully saturated rings. The topological polar surface area (TPSA) is 67.2 Å². The molecule has 126 valence electrons. The standard InChI is InChI=1S/C12H8Cl4F2N2O3/c1-20-9(23-11(17)18)7(14)8(19-20)4-2-5(10(21)22)12(15,16)3-6(4)13/h2-3,5,11H,1H3,(H,21,22)/p-1. The zero-order valence-corrected chi connectivity index (χ0v) is 14.2. The van der Waals surface area contributed by atoms with Crippen LogP contribution in [0, 0.1) is 5.92 Å². The highest BCUT2D eigenvalue weighted by Gasteiger charge is 2.38. The molecule has 1 aromatic rings. The van der Waals surface area contributed by atoms with Crippen molar-refractivity contribution in [1.82, 2.24) is 9.78 Å². The third-order valence-corrected chi connectivity index (χ3v) is 4.32. The van der Waals surface area contributed by atoms with E-state index < -0.39 is 28.7 Å². The smallest absolute Gasteiger partial charge is 0.388 e. The SMILES string of the molecule is Cn1nc(C2=CC(C(=O)[O-])C(Cl)(Cl)C=C2Cl)c(Cl)c1OC(F)F. The van der Waals surface area contributed by atoms with Gasteiger partial charge in [0.25, 0.3) is 0 Å². The molecule has 1 aromatic heterocycles. The van der Waals surface area contributed by atoms with Gasteiger partial charge >= 0.3 is 6.61 Å². The average molecular weight is 407 g/mol. The lowest BCUT2D eigenvalue weighted by Crippen LogP contribution is -2.41. The fourth-order valence-corrected chi connectivity index (χ4v) is 3.24. The van der Waals surface area contributed by atoms with Crippen molar-refractivity contribution in [2.45, 2.75) is 10.9 Å². The predicted octanol–water partition coefficient (Wildman–Crippen LogP) is 2.73. The third-order valence-electron chi connectivity index (χ3n) is 2.97. The summed E-state index contributed by atoms with van der Waals surface area (Å²) in [6.45, 7) is -3.11. The molecule has 0 saturated carbocycles. The number of carboxylic acid groups (broad SMARTS) is 1. The number of aryl methyl sites for hydroxylation is 1. The number of halogens is 6. The predicted molar refractivity (Wildman–Crippen MR) is 79.7 cm³/mol. The molecule has 1 heterocycles. The van der Waals surface area contributed by atoms with Gasteiger partial charge in [-0.2, -0.15) is 13.9 Å². The van der Waals surface area contributed by atoms with Crippen molar-refractivity contribution in [3.05, 3.63) is 27.9 Å². The van der Waals surface area contributed by atoms with E-state index in [1.54, 1.807) is 0 Å². The zero-order valence-electron chi connectivity index (χ0n) is 11.2. The van der Waals surface area contributed by atoms with Gasteiger partial charge in [0.15, 0.2) is 0 Å². The van der Waals surface area contributed by atoms with Crippen molar-refractivity contribution in [3.63, 3.8) is 0 Å². The summed E-state index contributed by atoms with van der Waals surface area (Å²) in [7, 11) is 1.32. The summed E-state index contributed by atoms with van der Waals surface area (Å²) in [5.74, 6) is -3.40. The molecule has 0 amide bonds. The molecule has 0 aromatic carbocycles. The van der Waals surface area contributed by atoms with Crippen molar-refractivity contribution >= 4 is 57.9 Å². The lowest BCUT2D eigenvalue weighted by molar-refractivity contribution is -0.309. The second kappa shape index (κ2) is 6.47. The van der Waals surface area contributed by atoms with Crippen LogP contribution in [0.25, 0.3) is 5.57 Å². The van der Waals surface area contributed by atoms with Gasteiger partial charge in [0.1, 0.15) is 15.0 Å². The van der Waals surface area contributed by atoms with E-state index in [1.165, 1.54) is 7.05 Å². The van der Waals surface area contributed by atoms with Crippen LogP contribution >= 0.6 is 46.4 Å². The van der Waals surface area contributed by atoms with E-state index in [-0.39, 0.29) is 21.3 Å². The molecule has 23 heavy (non-hydrogen) atoms. The van der Waals surface area contributed by atoms with Gasteiger partial charge in [0, 0.05) is 17.7 Å². The number of hydrogen-bond acceptors (Lipinski definition) is 4. The summed E-state index contributed by atoms with van der Waals surface area (Å²) in [5, 5.41) is 14.8. The minimum atomic E-state index is -3.11.